The van der Waals surface area contributed by atoms with Gasteiger partial charge in [-0.05, 0) is 52.1 Å². The number of aryl methyl sites for hydroxylation is 1. The summed E-state index contributed by atoms with van der Waals surface area (Å²) in [5.74, 6) is 0.261. The van der Waals surface area contributed by atoms with E-state index in [2.05, 4.69) is 69.5 Å². The summed E-state index contributed by atoms with van der Waals surface area (Å²) in [5.41, 5.74) is 8.07. The standard InChI is InChI=1S/C27H27N5O4/c28-25-22-26(30-14-29-25)32(15-31-22)27-24(23(34)21(13-33)36-27)35-9-3-4-16-7-8-19-11-17-5-1-2-6-18(17)12-20(19)10-16/h1-2,5-8,10-12,14-15,21,23-24,27,33-34H,3-4,9,13H2,(H2,28,29,30)/t21-,23?,24?,27-/m1/s1. The SMILES string of the molecule is Nc1ncnc2c1ncn2[C@@H]1O[C@H](CO)C(O)C1OCCCc1ccc2cc3ccccc3cc2c1. The van der Waals surface area contributed by atoms with Crippen molar-refractivity contribution >= 4 is 38.5 Å². The van der Waals surface area contributed by atoms with Gasteiger partial charge in [-0.25, -0.2) is 15.0 Å². The van der Waals surface area contributed by atoms with Gasteiger partial charge in [0.1, 0.15) is 30.2 Å². The minimum absolute atomic E-state index is 0.261. The van der Waals surface area contributed by atoms with Crippen LogP contribution in [0.15, 0.2) is 67.3 Å². The molecule has 1 aliphatic rings. The van der Waals surface area contributed by atoms with Crippen LogP contribution in [0.1, 0.15) is 18.2 Å². The number of nitrogens with zero attached hydrogens (tertiary/aromatic N) is 4. The second kappa shape index (κ2) is 9.44. The molecule has 0 spiro atoms. The highest BCUT2D eigenvalue weighted by Gasteiger charge is 2.45. The molecule has 1 saturated heterocycles. The monoisotopic (exact) mass is 485 g/mol. The molecule has 1 fully saturated rings. The van der Waals surface area contributed by atoms with Crippen LogP contribution in [-0.2, 0) is 15.9 Å². The summed E-state index contributed by atoms with van der Waals surface area (Å²) in [4.78, 5) is 12.5. The van der Waals surface area contributed by atoms with E-state index < -0.39 is 24.5 Å². The van der Waals surface area contributed by atoms with Crippen molar-refractivity contribution in [2.45, 2.75) is 37.4 Å². The van der Waals surface area contributed by atoms with Crippen LogP contribution in [0.5, 0.6) is 0 Å². The second-order valence-corrected chi connectivity index (χ2v) is 9.14. The van der Waals surface area contributed by atoms with Gasteiger partial charge in [-0.2, -0.15) is 0 Å². The minimum atomic E-state index is -0.995. The normalized spacial score (nSPS) is 22.2. The molecule has 0 aliphatic carbocycles. The molecule has 4 N–H and O–H groups in total. The molecular weight excluding hydrogens is 458 g/mol. The third kappa shape index (κ3) is 4.06. The number of aliphatic hydroxyl groups excluding tert-OH is 2. The van der Waals surface area contributed by atoms with E-state index in [0.29, 0.717) is 17.8 Å². The Morgan fingerprint density at radius 1 is 0.972 bits per heavy atom. The van der Waals surface area contributed by atoms with Crippen LogP contribution in [0.2, 0.25) is 0 Å². The predicted molar refractivity (Wildman–Crippen MR) is 136 cm³/mol. The van der Waals surface area contributed by atoms with Gasteiger partial charge in [0.2, 0.25) is 0 Å². The van der Waals surface area contributed by atoms with Crippen LogP contribution < -0.4 is 5.73 Å². The zero-order valence-corrected chi connectivity index (χ0v) is 19.6. The molecule has 9 nitrogen and oxygen atoms in total. The molecule has 4 atom stereocenters. The fraction of sp³-hybridized carbons (Fsp3) is 0.296. The molecule has 2 aromatic heterocycles. The molecule has 6 rings (SSSR count). The van der Waals surface area contributed by atoms with E-state index in [-0.39, 0.29) is 12.4 Å². The summed E-state index contributed by atoms with van der Waals surface area (Å²) in [6, 6.07) is 19.3. The fourth-order valence-corrected chi connectivity index (χ4v) is 4.97. The first-order valence-electron chi connectivity index (χ1n) is 12.0. The maximum Gasteiger partial charge on any atom is 0.167 e. The van der Waals surface area contributed by atoms with Crippen molar-refractivity contribution in [3.8, 4) is 0 Å². The Morgan fingerprint density at radius 2 is 1.75 bits per heavy atom. The Bertz CT molecular complexity index is 1540. The van der Waals surface area contributed by atoms with Gasteiger partial charge in [0.05, 0.1) is 12.9 Å². The van der Waals surface area contributed by atoms with Crippen molar-refractivity contribution in [1.29, 1.82) is 0 Å². The average Bonchev–Trinajstić information content (AvgIpc) is 3.46. The topological polar surface area (TPSA) is 129 Å². The molecule has 0 bridgehead atoms. The van der Waals surface area contributed by atoms with Gasteiger partial charge in [-0.1, -0.05) is 42.5 Å². The van der Waals surface area contributed by atoms with Gasteiger partial charge in [0.15, 0.2) is 17.7 Å². The lowest BCUT2D eigenvalue weighted by molar-refractivity contribution is -0.0708. The molecule has 0 amide bonds. The average molecular weight is 486 g/mol. The molecule has 9 heteroatoms. The molecule has 0 saturated carbocycles. The van der Waals surface area contributed by atoms with Gasteiger partial charge >= 0.3 is 0 Å². The minimum Gasteiger partial charge on any atom is -0.394 e. The van der Waals surface area contributed by atoms with E-state index >= 15 is 0 Å². The molecule has 0 radical (unpaired) electrons. The fourth-order valence-electron chi connectivity index (χ4n) is 4.97. The number of nitrogens with two attached hydrogens (primary N) is 1. The van der Waals surface area contributed by atoms with Crippen molar-refractivity contribution in [1.82, 2.24) is 19.5 Å². The quantitative estimate of drug-likeness (QED) is 0.237. The Morgan fingerprint density at radius 3 is 2.56 bits per heavy atom. The van der Waals surface area contributed by atoms with Crippen LogP contribution in [-0.4, -0.2) is 61.3 Å². The van der Waals surface area contributed by atoms with Crippen LogP contribution in [0, 0.1) is 0 Å². The number of aliphatic hydroxyl groups is 2. The van der Waals surface area contributed by atoms with E-state index in [4.69, 9.17) is 15.2 Å². The van der Waals surface area contributed by atoms with Gasteiger partial charge in [-0.3, -0.25) is 4.57 Å². The lowest BCUT2D eigenvalue weighted by Gasteiger charge is -2.22. The number of hydrogen-bond acceptors (Lipinski definition) is 8. The highest BCUT2D eigenvalue weighted by molar-refractivity contribution is 5.98. The molecule has 3 heterocycles. The highest BCUT2D eigenvalue weighted by Crippen LogP contribution is 2.34. The first-order valence-corrected chi connectivity index (χ1v) is 12.0. The smallest absolute Gasteiger partial charge is 0.167 e. The second-order valence-electron chi connectivity index (χ2n) is 9.14. The lowest BCUT2D eigenvalue weighted by atomic mass is 10.0. The van der Waals surface area contributed by atoms with Gasteiger partial charge in [0.25, 0.3) is 0 Å². The summed E-state index contributed by atoms with van der Waals surface area (Å²) in [6.07, 6.45) is 1.33. The summed E-state index contributed by atoms with van der Waals surface area (Å²) >= 11 is 0. The van der Waals surface area contributed by atoms with Gasteiger partial charge < -0.3 is 25.4 Å². The summed E-state index contributed by atoms with van der Waals surface area (Å²) in [5, 5.41) is 25.3. The highest BCUT2D eigenvalue weighted by atomic mass is 16.6. The number of imidazole rings is 1. The number of nitrogen functional groups attached to an aromatic ring is 1. The predicted octanol–water partition coefficient (Wildman–Crippen LogP) is 2.98. The Kier molecular flexibility index (Phi) is 5.98. The summed E-state index contributed by atoms with van der Waals surface area (Å²) in [6.45, 7) is 0.0896. The molecule has 184 valence electrons. The summed E-state index contributed by atoms with van der Waals surface area (Å²) in [7, 11) is 0. The first kappa shape index (κ1) is 22.8. The number of anilines is 1. The van der Waals surface area contributed by atoms with Crippen molar-refractivity contribution in [3.05, 3.63) is 72.8 Å². The third-order valence-corrected chi connectivity index (χ3v) is 6.84. The van der Waals surface area contributed by atoms with E-state index in [1.54, 1.807) is 10.9 Å². The van der Waals surface area contributed by atoms with E-state index in [9.17, 15) is 10.2 Å². The number of hydrogen-bond donors (Lipinski definition) is 3. The van der Waals surface area contributed by atoms with Crippen LogP contribution in [0.25, 0.3) is 32.7 Å². The zero-order chi connectivity index (χ0) is 24.6. The van der Waals surface area contributed by atoms with Crippen LogP contribution in [0.4, 0.5) is 5.82 Å². The number of rotatable bonds is 7. The lowest BCUT2D eigenvalue weighted by Crippen LogP contribution is -2.35. The molecule has 1 aliphatic heterocycles. The van der Waals surface area contributed by atoms with E-state index in [0.717, 1.165) is 12.8 Å². The largest absolute Gasteiger partial charge is 0.394 e. The number of benzene rings is 3. The number of aromatic nitrogens is 4. The van der Waals surface area contributed by atoms with E-state index in [1.165, 1.54) is 33.4 Å². The molecular formula is C27H27N5O4. The van der Waals surface area contributed by atoms with Crippen molar-refractivity contribution in [2.75, 3.05) is 18.9 Å². The van der Waals surface area contributed by atoms with Crippen LogP contribution in [0.3, 0.4) is 0 Å². The Balaban J connectivity index is 1.15. The summed E-state index contributed by atoms with van der Waals surface area (Å²) < 4.78 is 13.7. The van der Waals surface area contributed by atoms with Gasteiger partial charge in [-0.15, -0.1) is 0 Å². The maximum absolute atomic E-state index is 10.8. The van der Waals surface area contributed by atoms with E-state index in [1.807, 2.05) is 0 Å². The Hall–Kier alpha value is -3.63. The first-order chi connectivity index (χ1) is 17.6. The van der Waals surface area contributed by atoms with Crippen molar-refractivity contribution in [3.63, 3.8) is 0 Å². The molecule has 36 heavy (non-hydrogen) atoms. The van der Waals surface area contributed by atoms with Crippen molar-refractivity contribution in [2.24, 2.45) is 0 Å². The Labute approximate surface area is 207 Å². The maximum atomic E-state index is 10.8. The molecule has 3 aromatic carbocycles. The molecule has 2 unspecified atom stereocenters. The number of ether oxygens (including phenoxy) is 2. The third-order valence-electron chi connectivity index (χ3n) is 6.84. The molecule has 5 aromatic rings. The van der Waals surface area contributed by atoms with Gasteiger partial charge in [0, 0.05) is 6.61 Å². The zero-order valence-electron chi connectivity index (χ0n) is 19.6. The van der Waals surface area contributed by atoms with Crippen LogP contribution >= 0.6 is 0 Å². The van der Waals surface area contributed by atoms with Crippen molar-refractivity contribution < 1.29 is 19.7 Å². The number of fused-ring (bicyclic) bond motifs is 3.